The highest BCUT2D eigenvalue weighted by Crippen LogP contribution is 2.19. The molecule has 1 aliphatic heterocycles. The fourth-order valence-electron chi connectivity index (χ4n) is 3.29. The van der Waals surface area contributed by atoms with E-state index in [0.29, 0.717) is 24.0 Å². The van der Waals surface area contributed by atoms with Crippen LogP contribution in [-0.4, -0.2) is 55.3 Å². The summed E-state index contributed by atoms with van der Waals surface area (Å²) in [6.45, 7) is 3.13. The Morgan fingerprint density at radius 3 is 2.86 bits per heavy atom. The smallest absolute Gasteiger partial charge is 0.319 e. The van der Waals surface area contributed by atoms with Crippen molar-refractivity contribution in [2.45, 2.75) is 25.8 Å². The summed E-state index contributed by atoms with van der Waals surface area (Å²) in [5.41, 5.74) is 0.600. The minimum absolute atomic E-state index is 0.0470. The number of piperidine rings is 1. The molecule has 150 valence electrons. The summed E-state index contributed by atoms with van der Waals surface area (Å²) in [5, 5.41) is 16.7. The van der Waals surface area contributed by atoms with E-state index in [4.69, 9.17) is 0 Å². The second-order valence-electron chi connectivity index (χ2n) is 6.74. The molecule has 2 amide bonds. The van der Waals surface area contributed by atoms with Crippen LogP contribution in [0.5, 0.6) is 0 Å². The number of carbonyl (C=O) groups is 1. The predicted octanol–water partition coefficient (Wildman–Crippen LogP) is 1.69. The van der Waals surface area contributed by atoms with Crippen molar-refractivity contribution in [2.24, 2.45) is 0 Å². The van der Waals surface area contributed by atoms with Crippen molar-refractivity contribution in [2.75, 3.05) is 23.3 Å². The maximum Gasteiger partial charge on any atom is 0.319 e. The number of nitrogens with one attached hydrogen (secondary N) is 2. The topological polar surface area (TPSA) is 114 Å². The molecule has 2 aromatic heterocycles. The van der Waals surface area contributed by atoms with Crippen LogP contribution in [0.2, 0.25) is 0 Å². The molecule has 10 nitrogen and oxygen atoms in total. The minimum Gasteiger partial charge on any atom is -0.339 e. The van der Waals surface area contributed by atoms with Gasteiger partial charge in [0.1, 0.15) is 11.5 Å². The van der Waals surface area contributed by atoms with E-state index in [2.05, 4.69) is 36.1 Å². The Hall–Kier alpha value is -3.63. The lowest BCUT2D eigenvalue weighted by Gasteiger charge is -2.33. The molecule has 0 aliphatic carbocycles. The number of carbonyl (C=O) groups excluding carboxylic acids is 1. The van der Waals surface area contributed by atoms with Crippen molar-refractivity contribution in [1.29, 1.82) is 0 Å². The largest absolute Gasteiger partial charge is 0.339 e. The third kappa shape index (κ3) is 4.28. The van der Waals surface area contributed by atoms with Gasteiger partial charge in [-0.3, -0.25) is 0 Å². The first kappa shape index (κ1) is 18.7. The van der Waals surface area contributed by atoms with Gasteiger partial charge < -0.3 is 15.5 Å². The van der Waals surface area contributed by atoms with E-state index in [-0.39, 0.29) is 17.8 Å². The molecule has 11 heteroatoms. The normalized spacial score (nSPS) is 16.5. The Balaban J connectivity index is 1.40. The molecule has 4 rings (SSSR count). The van der Waals surface area contributed by atoms with E-state index in [0.717, 1.165) is 19.4 Å². The fourth-order valence-corrected chi connectivity index (χ4v) is 3.29. The molecule has 2 N–H and O–H groups in total. The maximum absolute atomic E-state index is 14.2. The van der Waals surface area contributed by atoms with Crippen LogP contribution in [-0.2, 0) is 0 Å². The zero-order chi connectivity index (χ0) is 20.2. The van der Waals surface area contributed by atoms with Gasteiger partial charge in [0.05, 0.1) is 0 Å². The number of anilines is 2. The molecule has 1 aromatic carbocycles. The molecule has 1 aliphatic rings. The van der Waals surface area contributed by atoms with Gasteiger partial charge in [0.25, 0.3) is 0 Å². The first-order valence-corrected chi connectivity index (χ1v) is 9.24. The van der Waals surface area contributed by atoms with Gasteiger partial charge in [0.2, 0.25) is 5.95 Å². The van der Waals surface area contributed by atoms with E-state index in [1.807, 2.05) is 4.90 Å². The maximum atomic E-state index is 14.2. The number of halogens is 1. The van der Waals surface area contributed by atoms with Gasteiger partial charge in [-0.2, -0.15) is 4.68 Å². The van der Waals surface area contributed by atoms with Crippen LogP contribution < -0.4 is 15.5 Å². The van der Waals surface area contributed by atoms with Crippen molar-refractivity contribution in [1.82, 2.24) is 35.5 Å². The molecule has 1 fully saturated rings. The van der Waals surface area contributed by atoms with Crippen LogP contribution in [0.25, 0.3) is 5.69 Å². The fraction of sp³-hybridized carbons (Fsp3) is 0.333. The summed E-state index contributed by atoms with van der Waals surface area (Å²) in [6, 6.07) is 5.60. The van der Waals surface area contributed by atoms with Gasteiger partial charge in [-0.15, -0.1) is 5.10 Å². The third-order valence-electron chi connectivity index (χ3n) is 4.65. The van der Waals surface area contributed by atoms with E-state index < -0.39 is 5.82 Å². The molecule has 0 bridgehead atoms. The van der Waals surface area contributed by atoms with Gasteiger partial charge in [-0.25, -0.2) is 19.2 Å². The van der Waals surface area contributed by atoms with Crippen molar-refractivity contribution < 1.29 is 9.18 Å². The highest BCUT2D eigenvalue weighted by atomic mass is 19.1. The Bertz CT molecular complexity index is 994. The van der Waals surface area contributed by atoms with E-state index in [1.165, 1.54) is 22.9 Å². The first-order valence-electron chi connectivity index (χ1n) is 9.24. The lowest BCUT2D eigenvalue weighted by molar-refractivity contribution is 0.246. The van der Waals surface area contributed by atoms with E-state index in [1.54, 1.807) is 25.4 Å². The highest BCUT2D eigenvalue weighted by molar-refractivity contribution is 5.89. The molecule has 1 unspecified atom stereocenters. The summed E-state index contributed by atoms with van der Waals surface area (Å²) >= 11 is 0. The Morgan fingerprint density at radius 1 is 1.28 bits per heavy atom. The lowest BCUT2D eigenvalue weighted by atomic mass is 10.1. The number of benzene rings is 1. The summed E-state index contributed by atoms with van der Waals surface area (Å²) in [4.78, 5) is 23.0. The van der Waals surface area contributed by atoms with Crippen LogP contribution in [0.15, 0.2) is 36.7 Å². The van der Waals surface area contributed by atoms with Gasteiger partial charge >= 0.3 is 6.03 Å². The van der Waals surface area contributed by atoms with Crippen molar-refractivity contribution in [3.63, 3.8) is 0 Å². The molecular weight excluding hydrogens is 377 g/mol. The first-order chi connectivity index (χ1) is 14.1. The second-order valence-corrected chi connectivity index (χ2v) is 6.74. The number of hydrogen-bond acceptors (Lipinski definition) is 7. The Kier molecular flexibility index (Phi) is 5.27. The molecule has 0 radical (unpaired) electrons. The average molecular weight is 397 g/mol. The molecule has 1 atom stereocenters. The van der Waals surface area contributed by atoms with Crippen LogP contribution in [0, 0.1) is 12.7 Å². The average Bonchev–Trinajstić information content (AvgIpc) is 3.16. The number of aryl methyl sites for hydroxylation is 1. The molecule has 3 heterocycles. The number of amides is 2. The Labute approximate surface area is 166 Å². The third-order valence-corrected chi connectivity index (χ3v) is 4.65. The predicted molar refractivity (Wildman–Crippen MR) is 103 cm³/mol. The number of urea groups is 1. The number of nitrogens with zero attached hydrogens (tertiary/aromatic N) is 7. The van der Waals surface area contributed by atoms with Crippen molar-refractivity contribution in [3.05, 3.63) is 48.3 Å². The van der Waals surface area contributed by atoms with E-state index >= 15 is 0 Å². The molecule has 0 saturated carbocycles. The summed E-state index contributed by atoms with van der Waals surface area (Å²) in [5.74, 6) is 0.604. The van der Waals surface area contributed by atoms with Crippen LogP contribution in [0.1, 0.15) is 18.7 Å². The van der Waals surface area contributed by atoms with Gasteiger partial charge in [0.15, 0.2) is 5.82 Å². The molecular formula is C18H20FN9O. The molecule has 1 saturated heterocycles. The Morgan fingerprint density at radius 2 is 2.10 bits per heavy atom. The van der Waals surface area contributed by atoms with Crippen LogP contribution in [0.4, 0.5) is 20.8 Å². The van der Waals surface area contributed by atoms with Crippen LogP contribution in [0.3, 0.4) is 0 Å². The van der Waals surface area contributed by atoms with E-state index in [9.17, 15) is 9.18 Å². The summed E-state index contributed by atoms with van der Waals surface area (Å²) in [7, 11) is 0. The zero-order valence-corrected chi connectivity index (χ0v) is 15.8. The molecule has 29 heavy (non-hydrogen) atoms. The van der Waals surface area contributed by atoms with Gasteiger partial charge in [0, 0.05) is 37.2 Å². The van der Waals surface area contributed by atoms with Gasteiger partial charge in [-0.05, 0) is 54.5 Å². The number of rotatable bonds is 4. The monoisotopic (exact) mass is 397 g/mol. The quantitative estimate of drug-likeness (QED) is 0.689. The second kappa shape index (κ2) is 8.17. The summed E-state index contributed by atoms with van der Waals surface area (Å²) < 4.78 is 15.4. The lowest BCUT2D eigenvalue weighted by Crippen LogP contribution is -2.49. The molecule has 3 aromatic rings. The van der Waals surface area contributed by atoms with Crippen molar-refractivity contribution in [3.8, 4) is 5.69 Å². The standard InChI is InChI=1S/C18H20FN9O/c1-12-24-25-26-28(12)16-10-13(5-6-15(16)19)22-18(29)23-14-4-2-9-27(11-14)17-20-7-3-8-21-17/h3,5-8,10,14H,2,4,9,11H2,1H3,(H2,22,23,29). The van der Waals surface area contributed by atoms with Gasteiger partial charge in [-0.1, -0.05) is 0 Å². The SMILES string of the molecule is Cc1nnnn1-c1cc(NC(=O)NC2CCCN(c3ncccn3)C2)ccc1F. The van der Waals surface area contributed by atoms with Crippen LogP contribution >= 0.6 is 0 Å². The minimum atomic E-state index is -0.489. The number of tetrazole rings is 1. The highest BCUT2D eigenvalue weighted by Gasteiger charge is 2.23. The molecule has 0 spiro atoms. The van der Waals surface area contributed by atoms with Crippen molar-refractivity contribution >= 4 is 17.7 Å². The summed E-state index contributed by atoms with van der Waals surface area (Å²) in [6.07, 6.45) is 5.17. The zero-order valence-electron chi connectivity index (χ0n) is 15.8. The number of aromatic nitrogens is 6. The number of hydrogen-bond donors (Lipinski definition) is 2.